The summed E-state index contributed by atoms with van der Waals surface area (Å²) in [6, 6.07) is 4.59. The third kappa shape index (κ3) is 4.23. The largest absolute Gasteiger partial charge is 0.366 e. The topological polar surface area (TPSA) is 115 Å². The number of carbonyl (C=O) groups is 1. The van der Waals surface area contributed by atoms with Gasteiger partial charge >= 0.3 is 0 Å². The van der Waals surface area contributed by atoms with Crippen molar-refractivity contribution in [2.24, 2.45) is 11.5 Å². The highest BCUT2D eigenvalue weighted by molar-refractivity contribution is 7.89. The monoisotopic (exact) mass is 293 g/mol. The number of benzene rings is 1. The quantitative estimate of drug-likeness (QED) is 0.665. The molecule has 9 heteroatoms. The zero-order chi connectivity index (χ0) is 14.7. The van der Waals surface area contributed by atoms with Crippen molar-refractivity contribution in [1.82, 2.24) is 4.72 Å². The number of primary amides is 1. The summed E-state index contributed by atoms with van der Waals surface area (Å²) < 4.78 is 50.8. The van der Waals surface area contributed by atoms with E-state index in [1.807, 2.05) is 0 Å². The molecule has 1 aromatic rings. The minimum Gasteiger partial charge on any atom is -0.366 e. The number of carbonyl (C=O) groups excluding carboxylic acids is 1. The lowest BCUT2D eigenvalue weighted by Gasteiger charge is -2.14. The maximum absolute atomic E-state index is 12.9. The number of alkyl halides is 2. The van der Waals surface area contributed by atoms with Gasteiger partial charge in [-0.2, -0.15) is 0 Å². The number of hydrogen-bond donors (Lipinski definition) is 3. The molecule has 0 saturated carbocycles. The average Bonchev–Trinajstić information content (AvgIpc) is 2.37. The molecule has 0 aliphatic rings. The van der Waals surface area contributed by atoms with Gasteiger partial charge in [0.05, 0.1) is 18.0 Å². The minimum atomic E-state index is -4.08. The zero-order valence-corrected chi connectivity index (χ0v) is 10.6. The summed E-state index contributed by atoms with van der Waals surface area (Å²) in [6.07, 6.45) is 0. The molecule has 106 valence electrons. The first kappa shape index (κ1) is 15.5. The molecule has 0 radical (unpaired) electrons. The maximum Gasteiger partial charge on any atom is 0.273 e. The van der Waals surface area contributed by atoms with Crippen LogP contribution in [0.3, 0.4) is 0 Å². The SMILES string of the molecule is NCC(F)(F)CNS(=O)(=O)c1ccc(C(N)=O)cc1. The Kier molecular flexibility index (Phi) is 4.56. The van der Waals surface area contributed by atoms with Gasteiger partial charge in [0.25, 0.3) is 5.92 Å². The minimum absolute atomic E-state index is 0.117. The molecule has 1 rings (SSSR count). The normalized spacial score (nSPS) is 12.4. The first-order valence-electron chi connectivity index (χ1n) is 5.15. The van der Waals surface area contributed by atoms with Crippen LogP contribution < -0.4 is 16.2 Å². The fraction of sp³-hybridized carbons (Fsp3) is 0.300. The Morgan fingerprint density at radius 2 is 1.79 bits per heavy atom. The van der Waals surface area contributed by atoms with Gasteiger partial charge in [0.15, 0.2) is 0 Å². The summed E-state index contributed by atoms with van der Waals surface area (Å²) in [6.45, 7) is -2.06. The Morgan fingerprint density at radius 1 is 1.26 bits per heavy atom. The molecular weight excluding hydrogens is 280 g/mol. The number of nitrogens with two attached hydrogens (primary N) is 2. The van der Waals surface area contributed by atoms with Crippen molar-refractivity contribution in [3.05, 3.63) is 29.8 Å². The van der Waals surface area contributed by atoms with Gasteiger partial charge in [-0.05, 0) is 24.3 Å². The molecule has 0 aliphatic heterocycles. The molecule has 0 heterocycles. The highest BCUT2D eigenvalue weighted by atomic mass is 32.2. The number of amides is 1. The molecule has 0 aromatic heterocycles. The molecule has 19 heavy (non-hydrogen) atoms. The summed E-state index contributed by atoms with van der Waals surface area (Å²) in [4.78, 5) is 10.6. The highest BCUT2D eigenvalue weighted by Crippen LogP contribution is 2.13. The van der Waals surface area contributed by atoms with Gasteiger partial charge in [-0.15, -0.1) is 0 Å². The van der Waals surface area contributed by atoms with Crippen LogP contribution in [0.25, 0.3) is 0 Å². The number of rotatable bonds is 6. The number of halogens is 2. The van der Waals surface area contributed by atoms with Crippen LogP contribution in [0.2, 0.25) is 0 Å². The Labute approximate surface area is 108 Å². The van der Waals surface area contributed by atoms with Crippen LogP contribution in [0.15, 0.2) is 29.2 Å². The van der Waals surface area contributed by atoms with E-state index in [-0.39, 0.29) is 10.5 Å². The van der Waals surface area contributed by atoms with E-state index in [0.29, 0.717) is 0 Å². The van der Waals surface area contributed by atoms with E-state index in [4.69, 9.17) is 11.5 Å². The molecule has 6 nitrogen and oxygen atoms in total. The second kappa shape index (κ2) is 5.59. The first-order valence-corrected chi connectivity index (χ1v) is 6.64. The smallest absolute Gasteiger partial charge is 0.273 e. The van der Waals surface area contributed by atoms with Crippen molar-refractivity contribution in [2.75, 3.05) is 13.1 Å². The van der Waals surface area contributed by atoms with Crippen molar-refractivity contribution >= 4 is 15.9 Å². The second-order valence-electron chi connectivity index (χ2n) is 3.77. The summed E-state index contributed by atoms with van der Waals surface area (Å²) in [5.41, 5.74) is 9.90. The van der Waals surface area contributed by atoms with Gasteiger partial charge in [0.1, 0.15) is 0 Å². The average molecular weight is 293 g/mol. The van der Waals surface area contributed by atoms with E-state index in [1.165, 1.54) is 12.1 Å². The molecular formula is C10H13F2N3O3S. The van der Waals surface area contributed by atoms with Crippen LogP contribution in [-0.4, -0.2) is 33.3 Å². The number of nitrogens with one attached hydrogen (secondary N) is 1. The first-order chi connectivity index (χ1) is 8.68. The molecule has 0 atom stereocenters. The van der Waals surface area contributed by atoms with E-state index in [1.54, 1.807) is 4.72 Å². The van der Waals surface area contributed by atoms with E-state index in [2.05, 4.69) is 0 Å². The molecule has 0 bridgehead atoms. The fourth-order valence-electron chi connectivity index (χ4n) is 1.15. The molecule has 5 N–H and O–H groups in total. The van der Waals surface area contributed by atoms with E-state index >= 15 is 0 Å². The molecule has 0 fully saturated rings. The van der Waals surface area contributed by atoms with Crippen molar-refractivity contribution in [3.63, 3.8) is 0 Å². The third-order valence-electron chi connectivity index (χ3n) is 2.27. The third-order valence-corrected chi connectivity index (χ3v) is 3.69. The lowest BCUT2D eigenvalue weighted by molar-refractivity contribution is 0.0170. The van der Waals surface area contributed by atoms with Crippen molar-refractivity contribution in [1.29, 1.82) is 0 Å². The Morgan fingerprint density at radius 3 is 2.21 bits per heavy atom. The molecule has 1 aromatic carbocycles. The fourth-order valence-corrected chi connectivity index (χ4v) is 2.22. The van der Waals surface area contributed by atoms with Gasteiger partial charge < -0.3 is 11.5 Å². The van der Waals surface area contributed by atoms with Crippen LogP contribution >= 0.6 is 0 Å². The van der Waals surface area contributed by atoms with Gasteiger partial charge in [0, 0.05) is 5.56 Å². The van der Waals surface area contributed by atoms with Crippen LogP contribution in [0.5, 0.6) is 0 Å². The van der Waals surface area contributed by atoms with Gasteiger partial charge in [-0.1, -0.05) is 0 Å². The molecule has 0 saturated heterocycles. The number of sulfonamides is 1. The Balaban J connectivity index is 2.86. The summed E-state index contributed by atoms with van der Waals surface area (Å²) in [5.74, 6) is -4.04. The zero-order valence-electron chi connectivity index (χ0n) is 9.77. The summed E-state index contributed by atoms with van der Waals surface area (Å²) in [7, 11) is -4.08. The van der Waals surface area contributed by atoms with Crippen LogP contribution in [0, 0.1) is 0 Å². The van der Waals surface area contributed by atoms with Crippen LogP contribution in [0.1, 0.15) is 10.4 Å². The summed E-state index contributed by atoms with van der Waals surface area (Å²) >= 11 is 0. The number of hydrogen-bond acceptors (Lipinski definition) is 4. The van der Waals surface area contributed by atoms with E-state index in [9.17, 15) is 22.0 Å². The standard InChI is InChI=1S/C10H13F2N3O3S/c11-10(12,5-13)6-15-19(17,18)8-3-1-7(2-4-8)9(14)16/h1-4,15H,5-6,13H2,(H2,14,16). The second-order valence-corrected chi connectivity index (χ2v) is 5.54. The molecule has 0 unspecified atom stereocenters. The maximum atomic E-state index is 12.9. The predicted octanol–water partition coefficient (Wildman–Crippen LogP) is -0.342. The highest BCUT2D eigenvalue weighted by Gasteiger charge is 2.29. The van der Waals surface area contributed by atoms with Crippen LogP contribution in [-0.2, 0) is 10.0 Å². The van der Waals surface area contributed by atoms with Gasteiger partial charge in [0.2, 0.25) is 15.9 Å². The Bertz CT molecular complexity index is 558. The Hall–Kier alpha value is -1.58. The molecule has 0 spiro atoms. The van der Waals surface area contributed by atoms with E-state index < -0.39 is 34.9 Å². The lowest BCUT2D eigenvalue weighted by Crippen LogP contribution is -2.41. The van der Waals surface area contributed by atoms with Crippen LogP contribution in [0.4, 0.5) is 8.78 Å². The van der Waals surface area contributed by atoms with Crippen molar-refractivity contribution < 1.29 is 22.0 Å². The van der Waals surface area contributed by atoms with Gasteiger partial charge in [-0.25, -0.2) is 21.9 Å². The lowest BCUT2D eigenvalue weighted by atomic mass is 10.2. The molecule has 0 aliphatic carbocycles. The van der Waals surface area contributed by atoms with E-state index in [0.717, 1.165) is 12.1 Å². The van der Waals surface area contributed by atoms with Gasteiger partial charge in [-0.3, -0.25) is 4.79 Å². The summed E-state index contributed by atoms with van der Waals surface area (Å²) in [5, 5.41) is 0. The van der Waals surface area contributed by atoms with Crippen molar-refractivity contribution in [3.8, 4) is 0 Å². The predicted molar refractivity (Wildman–Crippen MR) is 64.1 cm³/mol. The van der Waals surface area contributed by atoms with Crippen molar-refractivity contribution in [2.45, 2.75) is 10.8 Å². The molecule has 1 amide bonds.